The molecule has 2 saturated heterocycles. The molecule has 8 heteroatoms. The Morgan fingerprint density at radius 2 is 1.93 bits per heavy atom. The molecule has 2 aromatic rings. The molecule has 0 aliphatic carbocycles. The zero-order valence-electron chi connectivity index (χ0n) is 14.5. The SMILES string of the molecule is N#Cc1cccnc1N1CCC2CCN(c3cccc(C(F)(F)F)n3)CC21. The predicted molar refractivity (Wildman–Crippen MR) is 94.3 cm³/mol. The fraction of sp³-hybridized carbons (Fsp3) is 0.421. The predicted octanol–water partition coefficient (Wildman–Crippen LogP) is 3.47. The van der Waals surface area contributed by atoms with E-state index in [9.17, 15) is 18.4 Å². The number of nitrogens with zero attached hydrogens (tertiary/aromatic N) is 5. The van der Waals surface area contributed by atoms with Gasteiger partial charge in [0.1, 0.15) is 23.4 Å². The van der Waals surface area contributed by atoms with Crippen molar-refractivity contribution in [3.05, 3.63) is 47.8 Å². The molecule has 4 rings (SSSR count). The summed E-state index contributed by atoms with van der Waals surface area (Å²) in [5.74, 6) is 1.45. The number of nitriles is 1. The normalized spacial score (nSPS) is 22.4. The molecule has 140 valence electrons. The molecule has 2 fully saturated rings. The quantitative estimate of drug-likeness (QED) is 0.807. The molecular formula is C19H18F3N5. The van der Waals surface area contributed by atoms with Crippen LogP contribution in [0.15, 0.2) is 36.5 Å². The monoisotopic (exact) mass is 373 g/mol. The van der Waals surface area contributed by atoms with Crippen LogP contribution in [0.25, 0.3) is 0 Å². The van der Waals surface area contributed by atoms with Crippen LogP contribution in [0.4, 0.5) is 24.8 Å². The molecule has 2 atom stereocenters. The van der Waals surface area contributed by atoms with E-state index in [0.717, 1.165) is 25.5 Å². The summed E-state index contributed by atoms with van der Waals surface area (Å²) >= 11 is 0. The molecule has 0 spiro atoms. The highest BCUT2D eigenvalue weighted by atomic mass is 19.4. The van der Waals surface area contributed by atoms with Gasteiger partial charge in [-0.3, -0.25) is 0 Å². The van der Waals surface area contributed by atoms with Gasteiger partial charge in [-0.2, -0.15) is 18.4 Å². The van der Waals surface area contributed by atoms with Crippen molar-refractivity contribution in [2.45, 2.75) is 25.1 Å². The molecular weight excluding hydrogens is 355 g/mol. The van der Waals surface area contributed by atoms with E-state index in [2.05, 4.69) is 20.9 Å². The summed E-state index contributed by atoms with van der Waals surface area (Å²) in [7, 11) is 0. The maximum absolute atomic E-state index is 13.0. The van der Waals surface area contributed by atoms with Crippen LogP contribution in [-0.4, -0.2) is 35.6 Å². The number of halogens is 3. The third kappa shape index (κ3) is 3.29. The molecule has 27 heavy (non-hydrogen) atoms. The topological polar surface area (TPSA) is 56.1 Å². The van der Waals surface area contributed by atoms with E-state index in [1.807, 2.05) is 4.90 Å². The number of hydrogen-bond acceptors (Lipinski definition) is 5. The first-order chi connectivity index (χ1) is 13.0. The zero-order valence-corrected chi connectivity index (χ0v) is 14.5. The van der Waals surface area contributed by atoms with E-state index >= 15 is 0 Å². The number of aromatic nitrogens is 2. The minimum Gasteiger partial charge on any atom is -0.355 e. The van der Waals surface area contributed by atoms with Gasteiger partial charge in [-0.1, -0.05) is 6.07 Å². The first-order valence-corrected chi connectivity index (χ1v) is 8.88. The summed E-state index contributed by atoms with van der Waals surface area (Å²) in [5, 5.41) is 9.37. The highest BCUT2D eigenvalue weighted by molar-refractivity contribution is 5.56. The average Bonchev–Trinajstić information content (AvgIpc) is 3.10. The molecule has 0 saturated carbocycles. The molecule has 0 aromatic carbocycles. The van der Waals surface area contributed by atoms with Crippen molar-refractivity contribution in [2.75, 3.05) is 29.4 Å². The highest BCUT2D eigenvalue weighted by Crippen LogP contribution is 2.37. The van der Waals surface area contributed by atoms with Crippen LogP contribution < -0.4 is 9.80 Å². The van der Waals surface area contributed by atoms with Crippen molar-refractivity contribution in [1.82, 2.24) is 9.97 Å². The average molecular weight is 373 g/mol. The van der Waals surface area contributed by atoms with Crippen molar-refractivity contribution in [2.24, 2.45) is 5.92 Å². The van der Waals surface area contributed by atoms with Crippen molar-refractivity contribution < 1.29 is 13.2 Å². The molecule has 0 N–H and O–H groups in total. The largest absolute Gasteiger partial charge is 0.433 e. The van der Waals surface area contributed by atoms with E-state index < -0.39 is 11.9 Å². The molecule has 0 bridgehead atoms. The van der Waals surface area contributed by atoms with Crippen LogP contribution in [0.3, 0.4) is 0 Å². The molecule has 4 heterocycles. The van der Waals surface area contributed by atoms with Gasteiger partial charge in [0.05, 0.1) is 11.6 Å². The molecule has 2 aliphatic heterocycles. The van der Waals surface area contributed by atoms with Gasteiger partial charge < -0.3 is 9.80 Å². The second-order valence-corrected chi connectivity index (χ2v) is 6.91. The summed E-state index contributed by atoms with van der Waals surface area (Å²) in [4.78, 5) is 12.2. The number of rotatable bonds is 2. The maximum atomic E-state index is 13.0. The van der Waals surface area contributed by atoms with Crippen LogP contribution in [0.5, 0.6) is 0 Å². The molecule has 2 unspecified atom stereocenters. The lowest BCUT2D eigenvalue weighted by Gasteiger charge is -2.39. The zero-order chi connectivity index (χ0) is 19.0. The smallest absolute Gasteiger partial charge is 0.355 e. The van der Waals surface area contributed by atoms with Crippen LogP contribution in [0.2, 0.25) is 0 Å². The van der Waals surface area contributed by atoms with E-state index in [1.165, 1.54) is 6.07 Å². The van der Waals surface area contributed by atoms with Crippen LogP contribution in [0, 0.1) is 17.2 Å². The Balaban J connectivity index is 1.60. The Hall–Kier alpha value is -2.82. The summed E-state index contributed by atoms with van der Waals surface area (Å²) in [6.45, 7) is 2.04. The Bertz CT molecular complexity index is 876. The first kappa shape index (κ1) is 17.6. The fourth-order valence-electron chi connectivity index (χ4n) is 4.08. The van der Waals surface area contributed by atoms with Crippen LogP contribution >= 0.6 is 0 Å². The van der Waals surface area contributed by atoms with E-state index in [4.69, 9.17) is 0 Å². The Morgan fingerprint density at radius 3 is 2.70 bits per heavy atom. The minimum absolute atomic E-state index is 0.108. The number of fused-ring (bicyclic) bond motifs is 1. The lowest BCUT2D eigenvalue weighted by Crippen LogP contribution is -2.49. The standard InChI is InChI=1S/C19H18F3N5/c20-19(21,22)16-4-1-5-17(25-16)26-9-6-13-7-10-27(15(13)12-26)18-14(11-23)3-2-8-24-18/h1-5,8,13,15H,6-7,9-10,12H2. The number of anilines is 2. The van der Waals surface area contributed by atoms with Gasteiger partial charge in [0, 0.05) is 25.8 Å². The summed E-state index contributed by atoms with van der Waals surface area (Å²) in [6.07, 6.45) is -0.911. The third-order valence-corrected chi connectivity index (χ3v) is 5.39. The maximum Gasteiger partial charge on any atom is 0.433 e. The number of pyridine rings is 2. The minimum atomic E-state index is -4.45. The Labute approximate surface area is 155 Å². The second kappa shape index (κ2) is 6.72. The lowest BCUT2D eigenvalue weighted by atomic mass is 9.92. The summed E-state index contributed by atoms with van der Waals surface area (Å²) in [6, 6.07) is 9.77. The third-order valence-electron chi connectivity index (χ3n) is 5.39. The van der Waals surface area contributed by atoms with E-state index in [-0.39, 0.29) is 6.04 Å². The van der Waals surface area contributed by atoms with Gasteiger partial charge in [-0.05, 0) is 43.0 Å². The number of piperidine rings is 1. The van der Waals surface area contributed by atoms with Gasteiger partial charge in [-0.15, -0.1) is 0 Å². The van der Waals surface area contributed by atoms with E-state index in [1.54, 1.807) is 24.4 Å². The first-order valence-electron chi connectivity index (χ1n) is 8.88. The molecule has 2 aliphatic rings. The summed E-state index contributed by atoms with van der Waals surface area (Å²) < 4.78 is 39.0. The molecule has 2 aromatic heterocycles. The molecule has 0 radical (unpaired) electrons. The van der Waals surface area contributed by atoms with Crippen molar-refractivity contribution >= 4 is 11.6 Å². The molecule has 0 amide bonds. The lowest BCUT2D eigenvalue weighted by molar-refractivity contribution is -0.141. The number of alkyl halides is 3. The Morgan fingerprint density at radius 1 is 1.11 bits per heavy atom. The molecule has 5 nitrogen and oxygen atoms in total. The van der Waals surface area contributed by atoms with Crippen LogP contribution in [0.1, 0.15) is 24.1 Å². The van der Waals surface area contributed by atoms with Gasteiger partial charge in [0.25, 0.3) is 0 Å². The number of hydrogen-bond donors (Lipinski definition) is 0. The fourth-order valence-corrected chi connectivity index (χ4v) is 4.08. The van der Waals surface area contributed by atoms with Crippen molar-refractivity contribution in [3.63, 3.8) is 0 Å². The second-order valence-electron chi connectivity index (χ2n) is 6.91. The van der Waals surface area contributed by atoms with Gasteiger partial charge in [0.2, 0.25) is 0 Å². The Kier molecular flexibility index (Phi) is 4.38. The van der Waals surface area contributed by atoms with Crippen molar-refractivity contribution in [1.29, 1.82) is 5.26 Å². The van der Waals surface area contributed by atoms with Gasteiger partial charge >= 0.3 is 6.18 Å². The van der Waals surface area contributed by atoms with Gasteiger partial charge in [-0.25, -0.2) is 9.97 Å². The summed E-state index contributed by atoms with van der Waals surface area (Å²) in [5.41, 5.74) is -0.352. The van der Waals surface area contributed by atoms with Crippen LogP contribution in [-0.2, 0) is 6.18 Å². The van der Waals surface area contributed by atoms with Crippen molar-refractivity contribution in [3.8, 4) is 6.07 Å². The van der Waals surface area contributed by atoms with E-state index in [0.29, 0.717) is 36.2 Å². The van der Waals surface area contributed by atoms with Gasteiger partial charge in [0.15, 0.2) is 0 Å². The highest BCUT2D eigenvalue weighted by Gasteiger charge is 2.40.